The summed E-state index contributed by atoms with van der Waals surface area (Å²) in [6, 6.07) is 9.17. The molecular weight excluding hydrogens is 525 g/mol. The molecule has 2 aromatic heterocycles. The van der Waals surface area contributed by atoms with Crippen molar-refractivity contribution in [3.8, 4) is 5.69 Å². The molecule has 0 radical (unpaired) electrons. The van der Waals surface area contributed by atoms with Crippen molar-refractivity contribution >= 4 is 63.7 Å². The summed E-state index contributed by atoms with van der Waals surface area (Å²) < 4.78 is 8.37. The summed E-state index contributed by atoms with van der Waals surface area (Å²) in [7, 11) is 0. The van der Waals surface area contributed by atoms with Crippen LogP contribution in [0.3, 0.4) is 0 Å². The molecule has 1 fully saturated rings. The number of amides is 1. The van der Waals surface area contributed by atoms with Crippen LogP contribution in [-0.2, 0) is 11.3 Å². The van der Waals surface area contributed by atoms with Crippen LogP contribution >= 0.6 is 46.1 Å². The van der Waals surface area contributed by atoms with Crippen LogP contribution in [0.25, 0.3) is 17.3 Å². The van der Waals surface area contributed by atoms with Crippen LogP contribution in [0.15, 0.2) is 30.3 Å². The van der Waals surface area contributed by atoms with E-state index < -0.39 is 0 Å². The molecule has 1 N–H and O–H groups in total. The molecule has 0 saturated heterocycles. The van der Waals surface area contributed by atoms with Gasteiger partial charge in [0.2, 0.25) is 0 Å². The number of hydrogen-bond acceptors (Lipinski definition) is 4. The number of rotatable bonds is 5. The molecule has 1 amide bonds. The normalized spacial score (nSPS) is 18.5. The second-order valence-corrected chi connectivity index (χ2v) is 11.7. The van der Waals surface area contributed by atoms with Gasteiger partial charge in [-0.25, -0.2) is 4.68 Å². The van der Waals surface area contributed by atoms with E-state index in [9.17, 15) is 4.79 Å². The van der Waals surface area contributed by atoms with Crippen LogP contribution in [0, 0.1) is 5.92 Å². The SMILES string of the molecule is C[C@@H](NC(=O)c1nn(-c2ccc(Cl)cc2Cl)c2c1COCC2=Cc1ccc(Cl)s1)C1CCCCC1. The Morgan fingerprint density at radius 3 is 2.69 bits per heavy atom. The Morgan fingerprint density at radius 2 is 1.97 bits per heavy atom. The molecule has 0 spiro atoms. The first-order chi connectivity index (χ1) is 16.9. The second-order valence-electron chi connectivity index (χ2n) is 9.15. The molecule has 3 heterocycles. The van der Waals surface area contributed by atoms with E-state index in [4.69, 9.17) is 44.6 Å². The Kier molecular flexibility index (Phi) is 7.56. The molecule has 0 unspecified atom stereocenters. The van der Waals surface area contributed by atoms with Gasteiger partial charge in [-0.05, 0) is 62.1 Å². The maximum Gasteiger partial charge on any atom is 0.272 e. The van der Waals surface area contributed by atoms with E-state index in [2.05, 4.69) is 12.2 Å². The van der Waals surface area contributed by atoms with Crippen LogP contribution in [0.2, 0.25) is 14.4 Å². The number of hydrogen-bond donors (Lipinski definition) is 1. The summed E-state index contributed by atoms with van der Waals surface area (Å²) in [6.07, 6.45) is 8.04. The largest absolute Gasteiger partial charge is 0.372 e. The Balaban J connectivity index is 1.57. The number of aromatic nitrogens is 2. The summed E-state index contributed by atoms with van der Waals surface area (Å²) >= 11 is 20.4. The van der Waals surface area contributed by atoms with Crippen molar-refractivity contribution in [3.05, 3.63) is 66.5 Å². The van der Waals surface area contributed by atoms with Crippen LogP contribution in [0.4, 0.5) is 0 Å². The number of halogens is 3. The van der Waals surface area contributed by atoms with E-state index in [1.54, 1.807) is 16.8 Å². The molecule has 35 heavy (non-hydrogen) atoms. The molecule has 1 atom stereocenters. The van der Waals surface area contributed by atoms with Crippen LogP contribution in [0.5, 0.6) is 0 Å². The van der Waals surface area contributed by atoms with Crippen molar-refractivity contribution < 1.29 is 9.53 Å². The van der Waals surface area contributed by atoms with Crippen LogP contribution in [0.1, 0.15) is 65.7 Å². The quantitative estimate of drug-likeness (QED) is 0.355. The number of carbonyl (C=O) groups is 1. The highest BCUT2D eigenvalue weighted by Crippen LogP contribution is 2.36. The average molecular weight is 551 g/mol. The van der Waals surface area contributed by atoms with Gasteiger partial charge in [-0.1, -0.05) is 54.1 Å². The van der Waals surface area contributed by atoms with Gasteiger partial charge in [0.05, 0.1) is 34.0 Å². The number of fused-ring (bicyclic) bond motifs is 1. The fraction of sp³-hybridized carbons (Fsp3) is 0.385. The molecule has 1 aliphatic heterocycles. The Hall–Kier alpha value is -1.83. The molecule has 9 heteroatoms. The highest BCUT2D eigenvalue weighted by atomic mass is 35.5. The molecule has 2 aliphatic rings. The minimum Gasteiger partial charge on any atom is -0.372 e. The van der Waals surface area contributed by atoms with Crippen LogP contribution < -0.4 is 5.32 Å². The summed E-state index contributed by atoms with van der Waals surface area (Å²) in [4.78, 5) is 14.5. The topological polar surface area (TPSA) is 56.2 Å². The Morgan fingerprint density at radius 1 is 1.17 bits per heavy atom. The van der Waals surface area contributed by atoms with E-state index >= 15 is 0 Å². The second kappa shape index (κ2) is 10.7. The van der Waals surface area contributed by atoms with Gasteiger partial charge in [-0.2, -0.15) is 5.10 Å². The molecule has 0 bridgehead atoms. The lowest BCUT2D eigenvalue weighted by atomic mass is 9.84. The first-order valence-corrected chi connectivity index (χ1v) is 13.8. The number of ether oxygens (including phenoxy) is 1. The van der Waals surface area contributed by atoms with E-state index in [-0.39, 0.29) is 11.9 Å². The zero-order chi connectivity index (χ0) is 24.5. The van der Waals surface area contributed by atoms with Crippen molar-refractivity contribution in [1.29, 1.82) is 0 Å². The van der Waals surface area contributed by atoms with Gasteiger partial charge in [-0.3, -0.25) is 4.79 Å². The van der Waals surface area contributed by atoms with Gasteiger partial charge in [0.25, 0.3) is 5.91 Å². The smallest absolute Gasteiger partial charge is 0.272 e. The standard InChI is InChI=1S/C26H26Cl3N3O2S/c1-15(16-5-3-2-4-6-16)30-26(33)24-20-14-34-13-17(11-19-8-10-23(29)35-19)25(20)32(31-24)22-9-7-18(27)12-21(22)28/h7-12,15-16H,2-6,13-14H2,1H3,(H,30,33)/t15-/m1/s1. The van der Waals surface area contributed by atoms with Crippen molar-refractivity contribution in [1.82, 2.24) is 15.1 Å². The third-order valence-corrected chi connectivity index (χ3v) is 8.49. The van der Waals surface area contributed by atoms with Crippen molar-refractivity contribution in [2.45, 2.75) is 51.7 Å². The highest BCUT2D eigenvalue weighted by molar-refractivity contribution is 7.17. The summed E-state index contributed by atoms with van der Waals surface area (Å²) in [5, 5.41) is 8.98. The summed E-state index contributed by atoms with van der Waals surface area (Å²) in [5.41, 5.74) is 3.50. The Labute approximate surface area is 224 Å². The third-order valence-electron chi connectivity index (χ3n) is 6.77. The summed E-state index contributed by atoms with van der Waals surface area (Å²) in [6.45, 7) is 2.78. The van der Waals surface area contributed by atoms with E-state index in [1.807, 2.05) is 24.3 Å². The van der Waals surface area contributed by atoms with E-state index in [0.29, 0.717) is 44.9 Å². The molecule has 1 aliphatic carbocycles. The fourth-order valence-corrected chi connectivity index (χ4v) is 6.49. The minimum absolute atomic E-state index is 0.0792. The van der Waals surface area contributed by atoms with Crippen LogP contribution in [-0.4, -0.2) is 28.3 Å². The summed E-state index contributed by atoms with van der Waals surface area (Å²) in [5.74, 6) is 0.304. The van der Waals surface area contributed by atoms with Crippen molar-refractivity contribution in [2.24, 2.45) is 5.92 Å². The van der Waals surface area contributed by atoms with Gasteiger partial charge in [-0.15, -0.1) is 11.3 Å². The molecule has 3 aromatic rings. The number of benzene rings is 1. The lowest BCUT2D eigenvalue weighted by Crippen LogP contribution is -2.39. The third kappa shape index (κ3) is 5.32. The molecule has 184 valence electrons. The predicted molar refractivity (Wildman–Crippen MR) is 144 cm³/mol. The number of nitrogens with one attached hydrogen (secondary N) is 1. The molecule has 1 saturated carbocycles. The van der Waals surface area contributed by atoms with Gasteiger partial charge >= 0.3 is 0 Å². The Bertz CT molecular complexity index is 1280. The average Bonchev–Trinajstić information content (AvgIpc) is 3.43. The van der Waals surface area contributed by atoms with Crippen molar-refractivity contribution in [2.75, 3.05) is 6.61 Å². The molecule has 5 rings (SSSR count). The monoisotopic (exact) mass is 549 g/mol. The number of nitrogens with zero attached hydrogens (tertiary/aromatic N) is 2. The highest BCUT2D eigenvalue weighted by Gasteiger charge is 2.31. The fourth-order valence-electron chi connectivity index (χ4n) is 4.97. The first-order valence-electron chi connectivity index (χ1n) is 11.8. The van der Waals surface area contributed by atoms with Gasteiger partial charge in [0, 0.05) is 27.1 Å². The molecule has 5 nitrogen and oxygen atoms in total. The molecule has 1 aromatic carbocycles. The first kappa shape index (κ1) is 24.8. The zero-order valence-electron chi connectivity index (χ0n) is 19.3. The van der Waals surface area contributed by atoms with Crippen molar-refractivity contribution in [3.63, 3.8) is 0 Å². The zero-order valence-corrected chi connectivity index (χ0v) is 22.4. The lowest BCUT2D eigenvalue weighted by molar-refractivity contribution is 0.0906. The maximum atomic E-state index is 13.5. The molecular formula is C26H26Cl3N3O2S. The predicted octanol–water partition coefficient (Wildman–Crippen LogP) is 7.66. The van der Waals surface area contributed by atoms with E-state index in [1.165, 1.54) is 30.6 Å². The minimum atomic E-state index is -0.188. The number of carbonyl (C=O) groups excluding carboxylic acids is 1. The van der Waals surface area contributed by atoms with Gasteiger partial charge in [0.1, 0.15) is 0 Å². The number of thiophene rings is 1. The maximum absolute atomic E-state index is 13.5. The lowest BCUT2D eigenvalue weighted by Gasteiger charge is -2.28. The van der Waals surface area contributed by atoms with Gasteiger partial charge < -0.3 is 10.1 Å². The van der Waals surface area contributed by atoms with Gasteiger partial charge in [0.15, 0.2) is 5.69 Å². The van der Waals surface area contributed by atoms with E-state index in [0.717, 1.165) is 34.5 Å².